The highest BCUT2D eigenvalue weighted by atomic mass is 16.5. The summed E-state index contributed by atoms with van der Waals surface area (Å²) in [6.45, 7) is 6.22. The molecule has 0 fully saturated rings. The normalized spacial score (nSPS) is 10.7. The van der Waals surface area contributed by atoms with E-state index in [1.165, 1.54) is 0 Å². The summed E-state index contributed by atoms with van der Waals surface area (Å²) in [4.78, 5) is 11.3. The maximum atomic E-state index is 11.3. The van der Waals surface area contributed by atoms with Crippen molar-refractivity contribution in [3.63, 3.8) is 0 Å². The van der Waals surface area contributed by atoms with Gasteiger partial charge in [0.05, 0.1) is 11.2 Å². The molecule has 0 saturated carbocycles. The summed E-state index contributed by atoms with van der Waals surface area (Å²) in [7, 11) is 1.61. The van der Waals surface area contributed by atoms with E-state index < -0.39 is 0 Å². The molecule has 0 atom stereocenters. The number of aromatic nitrogens is 1. The van der Waals surface area contributed by atoms with Gasteiger partial charge >= 0.3 is 0 Å². The van der Waals surface area contributed by atoms with Gasteiger partial charge in [-0.25, -0.2) is 0 Å². The van der Waals surface area contributed by atoms with E-state index in [4.69, 9.17) is 4.74 Å². The molecule has 0 aliphatic heterocycles. The van der Waals surface area contributed by atoms with Crippen LogP contribution in [0.4, 0.5) is 0 Å². The number of carbonyl (C=O) groups is 1. The second-order valence-electron chi connectivity index (χ2n) is 4.02. The Labute approximate surface area is 100 Å². The Balaban J connectivity index is 2.86. The predicted octanol–water partition coefficient (Wildman–Crippen LogP) is 3.09. The molecule has 0 aliphatic carbocycles. The Kier molecular flexibility index (Phi) is 3.11. The van der Waals surface area contributed by atoms with Crippen LogP contribution < -0.4 is 0 Å². The molecule has 3 nitrogen and oxygen atoms in total. The largest absolute Gasteiger partial charge is 0.364 e. The third-order valence-electron chi connectivity index (χ3n) is 2.81. The van der Waals surface area contributed by atoms with Gasteiger partial charge in [-0.15, -0.1) is 0 Å². The van der Waals surface area contributed by atoms with Crippen molar-refractivity contribution >= 4 is 22.8 Å². The summed E-state index contributed by atoms with van der Waals surface area (Å²) in [5, 5.41) is 1.04. The van der Waals surface area contributed by atoms with Crippen LogP contribution >= 0.6 is 0 Å². The zero-order valence-electron chi connectivity index (χ0n) is 10.1. The lowest BCUT2D eigenvalue weighted by Gasteiger charge is -2.05. The van der Waals surface area contributed by atoms with Gasteiger partial charge in [-0.3, -0.25) is 4.79 Å². The van der Waals surface area contributed by atoms with Gasteiger partial charge in [-0.1, -0.05) is 24.8 Å². The number of fused-ring (bicyclic) bond motifs is 1. The molecule has 0 unspecified atom stereocenters. The van der Waals surface area contributed by atoms with Gasteiger partial charge in [0, 0.05) is 18.1 Å². The molecule has 3 heteroatoms. The van der Waals surface area contributed by atoms with Crippen LogP contribution in [0.25, 0.3) is 16.5 Å². The number of aldehydes is 1. The number of methoxy groups -OCH3 is 1. The third-order valence-corrected chi connectivity index (χ3v) is 2.81. The Bertz CT molecular complexity index is 581. The number of para-hydroxylation sites is 1. The minimum absolute atomic E-state index is 0.363. The van der Waals surface area contributed by atoms with Gasteiger partial charge in [0.15, 0.2) is 6.29 Å². The third kappa shape index (κ3) is 1.78. The average molecular weight is 229 g/mol. The fraction of sp³-hybridized carbons (Fsp3) is 0.214. The highest BCUT2D eigenvalue weighted by molar-refractivity contribution is 6.00. The van der Waals surface area contributed by atoms with E-state index >= 15 is 0 Å². The lowest BCUT2D eigenvalue weighted by atomic mass is 10.1. The van der Waals surface area contributed by atoms with Gasteiger partial charge in [-0.05, 0) is 18.6 Å². The van der Waals surface area contributed by atoms with E-state index in [0.717, 1.165) is 28.3 Å². The van der Waals surface area contributed by atoms with E-state index in [0.29, 0.717) is 12.4 Å². The maximum absolute atomic E-state index is 11.3. The monoisotopic (exact) mass is 229 g/mol. The fourth-order valence-corrected chi connectivity index (χ4v) is 2.16. The first-order chi connectivity index (χ1) is 8.20. The highest BCUT2D eigenvalue weighted by Gasteiger charge is 2.16. The summed E-state index contributed by atoms with van der Waals surface area (Å²) >= 11 is 0. The number of allylic oxidation sites excluding steroid dienone is 1. The molecule has 17 heavy (non-hydrogen) atoms. The van der Waals surface area contributed by atoms with Crippen molar-refractivity contribution in [2.45, 2.75) is 13.7 Å². The molecule has 0 radical (unpaired) electrons. The minimum atomic E-state index is 0.363. The molecule has 88 valence electrons. The summed E-state index contributed by atoms with van der Waals surface area (Å²) in [6.07, 6.45) is 0.864. The Morgan fingerprint density at radius 3 is 2.76 bits per heavy atom. The number of nitrogens with zero attached hydrogens (tertiary/aromatic N) is 1. The SMILES string of the molecule is C=C(C)c1c(C=O)n(COC)c2ccccc12. The van der Waals surface area contributed by atoms with Crippen molar-refractivity contribution in [1.82, 2.24) is 4.57 Å². The van der Waals surface area contributed by atoms with E-state index in [1.807, 2.05) is 35.8 Å². The average Bonchev–Trinajstić information content (AvgIpc) is 2.64. The number of rotatable bonds is 4. The fourth-order valence-electron chi connectivity index (χ4n) is 2.16. The maximum Gasteiger partial charge on any atom is 0.167 e. The van der Waals surface area contributed by atoms with Gasteiger partial charge in [0.1, 0.15) is 6.73 Å². The lowest BCUT2D eigenvalue weighted by molar-refractivity contribution is 0.107. The molecule has 2 aromatic rings. The minimum Gasteiger partial charge on any atom is -0.364 e. The van der Waals surface area contributed by atoms with Crippen LogP contribution in [0.3, 0.4) is 0 Å². The number of carbonyl (C=O) groups excluding carboxylic acids is 1. The van der Waals surface area contributed by atoms with E-state index in [9.17, 15) is 4.79 Å². The summed E-state index contributed by atoms with van der Waals surface area (Å²) < 4.78 is 7.01. The zero-order valence-corrected chi connectivity index (χ0v) is 10.1. The van der Waals surface area contributed by atoms with Crippen molar-refractivity contribution in [2.75, 3.05) is 7.11 Å². The van der Waals surface area contributed by atoms with Crippen LogP contribution in [-0.4, -0.2) is 18.0 Å². The van der Waals surface area contributed by atoms with Gasteiger partial charge in [0.25, 0.3) is 0 Å². The van der Waals surface area contributed by atoms with E-state index in [2.05, 4.69) is 6.58 Å². The zero-order chi connectivity index (χ0) is 12.4. The van der Waals surface area contributed by atoms with E-state index in [-0.39, 0.29) is 0 Å². The van der Waals surface area contributed by atoms with Crippen LogP contribution in [0.2, 0.25) is 0 Å². The summed E-state index contributed by atoms with van der Waals surface area (Å²) in [5.41, 5.74) is 3.42. The smallest absolute Gasteiger partial charge is 0.167 e. The second-order valence-corrected chi connectivity index (χ2v) is 4.02. The second kappa shape index (κ2) is 4.55. The van der Waals surface area contributed by atoms with Gasteiger partial charge in [-0.2, -0.15) is 0 Å². The van der Waals surface area contributed by atoms with Crippen molar-refractivity contribution in [3.8, 4) is 0 Å². The molecule has 1 aromatic carbocycles. The lowest BCUT2D eigenvalue weighted by Crippen LogP contribution is -2.04. The summed E-state index contributed by atoms with van der Waals surface area (Å²) in [6, 6.07) is 7.89. The first-order valence-electron chi connectivity index (χ1n) is 5.42. The highest BCUT2D eigenvalue weighted by Crippen LogP contribution is 2.29. The number of benzene rings is 1. The number of hydrogen-bond acceptors (Lipinski definition) is 2. The molecule has 0 spiro atoms. The molecule has 1 aromatic heterocycles. The molecule has 0 aliphatic rings. The topological polar surface area (TPSA) is 31.2 Å². The van der Waals surface area contributed by atoms with Crippen molar-refractivity contribution in [2.24, 2.45) is 0 Å². The standard InChI is InChI=1S/C14H15NO2/c1-10(2)14-11-6-4-5-7-12(11)15(9-17-3)13(14)8-16/h4-8H,1,9H2,2-3H3. The first-order valence-corrected chi connectivity index (χ1v) is 5.42. The van der Waals surface area contributed by atoms with Crippen LogP contribution in [0.1, 0.15) is 23.0 Å². The van der Waals surface area contributed by atoms with Gasteiger partial charge < -0.3 is 9.30 Å². The van der Waals surface area contributed by atoms with E-state index in [1.54, 1.807) is 7.11 Å². The molecule has 0 N–H and O–H groups in total. The molecule has 1 heterocycles. The molecule has 2 rings (SSSR count). The van der Waals surface area contributed by atoms with Crippen molar-refractivity contribution in [3.05, 3.63) is 42.1 Å². The van der Waals surface area contributed by atoms with Crippen LogP contribution in [0.15, 0.2) is 30.8 Å². The molecule has 0 bridgehead atoms. The molecule has 0 saturated heterocycles. The first kappa shape index (κ1) is 11.6. The Hall–Kier alpha value is -1.87. The Morgan fingerprint density at radius 2 is 2.18 bits per heavy atom. The molecular weight excluding hydrogens is 214 g/mol. The van der Waals surface area contributed by atoms with Crippen molar-refractivity contribution in [1.29, 1.82) is 0 Å². The quantitative estimate of drug-likeness (QED) is 0.754. The van der Waals surface area contributed by atoms with Crippen LogP contribution in [-0.2, 0) is 11.5 Å². The predicted molar refractivity (Wildman–Crippen MR) is 69.0 cm³/mol. The number of ether oxygens (including phenoxy) is 1. The van der Waals surface area contributed by atoms with Crippen molar-refractivity contribution < 1.29 is 9.53 Å². The van der Waals surface area contributed by atoms with Crippen LogP contribution in [0.5, 0.6) is 0 Å². The molecule has 0 amide bonds. The Morgan fingerprint density at radius 1 is 1.47 bits per heavy atom. The van der Waals surface area contributed by atoms with Gasteiger partial charge in [0.2, 0.25) is 0 Å². The molecular formula is C14H15NO2. The van der Waals surface area contributed by atoms with Crippen LogP contribution in [0, 0.1) is 0 Å². The number of hydrogen-bond donors (Lipinski definition) is 0. The summed E-state index contributed by atoms with van der Waals surface area (Å²) in [5.74, 6) is 0.